The van der Waals surface area contributed by atoms with E-state index in [1.54, 1.807) is 12.1 Å². The van der Waals surface area contributed by atoms with E-state index in [2.05, 4.69) is 40.8 Å². The summed E-state index contributed by atoms with van der Waals surface area (Å²) < 4.78 is 15.6. The number of hydrogen-bond acceptors (Lipinski definition) is 1. The minimum atomic E-state index is -0.189. The van der Waals surface area contributed by atoms with Crippen molar-refractivity contribution in [1.82, 2.24) is 9.47 Å². The van der Waals surface area contributed by atoms with Gasteiger partial charge in [-0.1, -0.05) is 18.2 Å². The molecular formula is C19H19FN2. The molecule has 0 unspecified atom stereocenters. The van der Waals surface area contributed by atoms with E-state index in [-0.39, 0.29) is 5.82 Å². The van der Waals surface area contributed by atoms with Crippen LogP contribution in [-0.4, -0.2) is 23.1 Å². The van der Waals surface area contributed by atoms with Gasteiger partial charge in [0.25, 0.3) is 0 Å². The van der Waals surface area contributed by atoms with Gasteiger partial charge in [-0.25, -0.2) is 4.39 Å². The fourth-order valence-electron chi connectivity index (χ4n) is 3.55. The van der Waals surface area contributed by atoms with Gasteiger partial charge >= 0.3 is 0 Å². The van der Waals surface area contributed by atoms with Crippen molar-refractivity contribution in [3.8, 4) is 5.69 Å². The normalized spacial score (nSPS) is 15.7. The summed E-state index contributed by atoms with van der Waals surface area (Å²) >= 11 is 0. The Bertz CT molecular complexity index is 817. The topological polar surface area (TPSA) is 8.17 Å². The lowest BCUT2D eigenvalue weighted by atomic mass is 10.1. The molecule has 1 aliphatic heterocycles. The van der Waals surface area contributed by atoms with E-state index >= 15 is 0 Å². The van der Waals surface area contributed by atoms with E-state index in [0.717, 1.165) is 31.6 Å². The zero-order valence-electron chi connectivity index (χ0n) is 12.7. The Balaban J connectivity index is 2.01. The SMILES string of the molecule is CN1CCCc2c(c3ccccc3n2-c2ccc(F)cc2)C1. The highest BCUT2D eigenvalue weighted by Gasteiger charge is 2.21. The minimum absolute atomic E-state index is 0.189. The number of fused-ring (bicyclic) bond motifs is 3. The first-order chi connectivity index (χ1) is 10.7. The highest BCUT2D eigenvalue weighted by Crippen LogP contribution is 2.32. The van der Waals surface area contributed by atoms with Crippen molar-refractivity contribution in [1.29, 1.82) is 0 Å². The molecule has 0 atom stereocenters. The highest BCUT2D eigenvalue weighted by molar-refractivity contribution is 5.87. The molecule has 0 saturated carbocycles. The van der Waals surface area contributed by atoms with Crippen LogP contribution in [0.1, 0.15) is 17.7 Å². The van der Waals surface area contributed by atoms with Crippen molar-refractivity contribution < 1.29 is 4.39 Å². The average Bonchev–Trinajstić information content (AvgIpc) is 2.69. The van der Waals surface area contributed by atoms with Crippen LogP contribution in [0.3, 0.4) is 0 Å². The molecule has 0 amide bonds. The first-order valence-electron chi connectivity index (χ1n) is 7.80. The highest BCUT2D eigenvalue weighted by atomic mass is 19.1. The van der Waals surface area contributed by atoms with Crippen LogP contribution in [0.25, 0.3) is 16.6 Å². The fourth-order valence-corrected chi connectivity index (χ4v) is 3.55. The summed E-state index contributed by atoms with van der Waals surface area (Å²) in [5.41, 5.74) is 5.05. The Kier molecular flexibility index (Phi) is 3.23. The van der Waals surface area contributed by atoms with Crippen molar-refractivity contribution in [3.63, 3.8) is 0 Å². The molecule has 3 heteroatoms. The molecule has 3 aromatic rings. The van der Waals surface area contributed by atoms with Crippen molar-refractivity contribution in [2.75, 3.05) is 13.6 Å². The summed E-state index contributed by atoms with van der Waals surface area (Å²) in [6.45, 7) is 2.09. The predicted molar refractivity (Wildman–Crippen MR) is 87.9 cm³/mol. The van der Waals surface area contributed by atoms with Crippen molar-refractivity contribution >= 4 is 10.9 Å². The Morgan fingerprint density at radius 2 is 1.77 bits per heavy atom. The Hall–Kier alpha value is -2.13. The fraction of sp³-hybridized carbons (Fsp3) is 0.263. The average molecular weight is 294 g/mol. The number of aromatic nitrogens is 1. The van der Waals surface area contributed by atoms with E-state index in [1.807, 2.05) is 12.1 Å². The Morgan fingerprint density at radius 3 is 2.59 bits per heavy atom. The molecular weight excluding hydrogens is 275 g/mol. The van der Waals surface area contributed by atoms with Crippen LogP contribution >= 0.6 is 0 Å². The standard InChI is InChI=1S/C19H19FN2/c1-21-12-4-7-19-17(13-21)16-5-2-3-6-18(16)22(19)15-10-8-14(20)9-11-15/h2-3,5-6,8-11H,4,7,12-13H2,1H3. The molecule has 22 heavy (non-hydrogen) atoms. The molecule has 0 radical (unpaired) electrons. The summed E-state index contributed by atoms with van der Waals surface area (Å²) in [6.07, 6.45) is 2.22. The number of rotatable bonds is 1. The molecule has 0 saturated heterocycles. The van der Waals surface area contributed by atoms with Gasteiger partial charge in [0.1, 0.15) is 5.82 Å². The third-order valence-corrected chi connectivity index (χ3v) is 4.55. The van der Waals surface area contributed by atoms with Gasteiger partial charge in [-0.2, -0.15) is 0 Å². The van der Waals surface area contributed by atoms with Crippen molar-refractivity contribution in [2.24, 2.45) is 0 Å². The van der Waals surface area contributed by atoms with Crippen LogP contribution in [0.5, 0.6) is 0 Å². The molecule has 112 valence electrons. The van der Waals surface area contributed by atoms with Gasteiger partial charge in [0, 0.05) is 23.3 Å². The molecule has 0 spiro atoms. The smallest absolute Gasteiger partial charge is 0.123 e. The Morgan fingerprint density at radius 1 is 1.00 bits per heavy atom. The number of benzene rings is 2. The number of halogens is 1. The van der Waals surface area contributed by atoms with E-state index < -0.39 is 0 Å². The second-order valence-electron chi connectivity index (χ2n) is 6.10. The predicted octanol–water partition coefficient (Wildman–Crippen LogP) is 4.15. The second-order valence-corrected chi connectivity index (χ2v) is 6.10. The van der Waals surface area contributed by atoms with E-state index in [9.17, 15) is 4.39 Å². The molecule has 4 rings (SSSR count). The zero-order chi connectivity index (χ0) is 15.1. The molecule has 2 aromatic carbocycles. The van der Waals surface area contributed by atoms with Gasteiger partial charge < -0.3 is 9.47 Å². The second kappa shape index (κ2) is 5.25. The summed E-state index contributed by atoms with van der Waals surface area (Å²) in [5, 5.41) is 1.32. The van der Waals surface area contributed by atoms with Crippen LogP contribution in [0.15, 0.2) is 48.5 Å². The first-order valence-corrected chi connectivity index (χ1v) is 7.80. The largest absolute Gasteiger partial charge is 0.313 e. The zero-order valence-corrected chi connectivity index (χ0v) is 12.7. The molecule has 1 aliphatic rings. The van der Waals surface area contributed by atoms with Crippen molar-refractivity contribution in [2.45, 2.75) is 19.4 Å². The maximum absolute atomic E-state index is 13.3. The lowest BCUT2D eigenvalue weighted by Gasteiger charge is -2.12. The molecule has 1 aromatic heterocycles. The Labute approximate surface area is 129 Å². The maximum Gasteiger partial charge on any atom is 0.123 e. The third-order valence-electron chi connectivity index (χ3n) is 4.55. The molecule has 2 nitrogen and oxygen atoms in total. The lowest BCUT2D eigenvalue weighted by molar-refractivity contribution is 0.333. The van der Waals surface area contributed by atoms with Gasteiger partial charge in [0.05, 0.1) is 5.52 Å². The van der Waals surface area contributed by atoms with Crippen molar-refractivity contribution in [3.05, 3.63) is 65.6 Å². The quantitative estimate of drug-likeness (QED) is 0.654. The van der Waals surface area contributed by atoms with Gasteiger partial charge in [0.2, 0.25) is 0 Å². The molecule has 2 heterocycles. The summed E-state index contributed by atoms with van der Waals surface area (Å²) in [4.78, 5) is 2.38. The summed E-state index contributed by atoms with van der Waals surface area (Å²) in [7, 11) is 2.18. The van der Waals surface area contributed by atoms with Crippen LogP contribution in [-0.2, 0) is 13.0 Å². The third kappa shape index (κ3) is 2.13. The molecule has 0 bridgehead atoms. The van der Waals surface area contributed by atoms with Gasteiger partial charge in [-0.05, 0) is 62.3 Å². The number of hydrogen-bond donors (Lipinski definition) is 0. The summed E-state index contributed by atoms with van der Waals surface area (Å²) in [6, 6.07) is 15.4. The van der Waals surface area contributed by atoms with Gasteiger partial charge in [-0.15, -0.1) is 0 Å². The van der Waals surface area contributed by atoms with E-state index in [1.165, 1.54) is 22.2 Å². The number of nitrogens with zero attached hydrogens (tertiary/aromatic N) is 2. The van der Waals surface area contributed by atoms with Gasteiger partial charge in [-0.3, -0.25) is 0 Å². The van der Waals surface area contributed by atoms with Crippen LogP contribution in [0, 0.1) is 5.82 Å². The minimum Gasteiger partial charge on any atom is -0.313 e. The summed E-state index contributed by atoms with van der Waals surface area (Å²) in [5.74, 6) is -0.189. The number of para-hydroxylation sites is 1. The molecule has 0 N–H and O–H groups in total. The van der Waals surface area contributed by atoms with Crippen LogP contribution in [0.4, 0.5) is 4.39 Å². The van der Waals surface area contributed by atoms with Gasteiger partial charge in [0.15, 0.2) is 0 Å². The van der Waals surface area contributed by atoms with E-state index in [4.69, 9.17) is 0 Å². The lowest BCUT2D eigenvalue weighted by Crippen LogP contribution is -2.16. The maximum atomic E-state index is 13.3. The molecule has 0 fully saturated rings. The van der Waals surface area contributed by atoms with E-state index in [0.29, 0.717) is 0 Å². The van der Waals surface area contributed by atoms with Crippen LogP contribution in [0.2, 0.25) is 0 Å². The van der Waals surface area contributed by atoms with Crippen LogP contribution < -0.4 is 0 Å². The first kappa shape index (κ1) is 13.5. The molecule has 0 aliphatic carbocycles. The monoisotopic (exact) mass is 294 g/mol.